The number of aldehydes is 1. The Kier molecular flexibility index (Phi) is 3.20. The van der Waals surface area contributed by atoms with Crippen molar-refractivity contribution in [1.29, 1.82) is 5.26 Å². The third kappa shape index (κ3) is 2.03. The largest absolute Gasteiger partial charge is 0.385 e. The van der Waals surface area contributed by atoms with Crippen molar-refractivity contribution in [2.45, 2.75) is 25.0 Å². The molecule has 66 valence electrons. The van der Waals surface area contributed by atoms with Gasteiger partial charge in [-0.25, -0.2) is 0 Å². The summed E-state index contributed by atoms with van der Waals surface area (Å²) in [4.78, 5) is 10.2. The lowest BCUT2D eigenvalue weighted by molar-refractivity contribution is -0.119. The van der Waals surface area contributed by atoms with E-state index in [-0.39, 0.29) is 5.92 Å². The van der Waals surface area contributed by atoms with E-state index in [9.17, 15) is 4.79 Å². The first-order valence-corrected chi connectivity index (χ1v) is 3.92. The van der Waals surface area contributed by atoms with Crippen LogP contribution < -0.4 is 0 Å². The number of nitriles is 1. The molecule has 0 spiro atoms. The minimum atomic E-state index is -0.940. The maximum atomic E-state index is 10.2. The molecule has 12 heavy (non-hydrogen) atoms. The number of nitrogens with zero attached hydrogens (tertiary/aromatic N) is 1. The van der Waals surface area contributed by atoms with E-state index in [0.717, 1.165) is 0 Å². The molecular formula is C8H11NO3. The van der Waals surface area contributed by atoms with Gasteiger partial charge < -0.3 is 14.6 Å². The van der Waals surface area contributed by atoms with E-state index in [1.54, 1.807) is 0 Å². The second kappa shape index (κ2) is 4.19. The summed E-state index contributed by atoms with van der Waals surface area (Å²) < 4.78 is 5.06. The van der Waals surface area contributed by atoms with Crippen molar-refractivity contribution in [2.24, 2.45) is 5.92 Å². The molecule has 0 aromatic rings. The maximum absolute atomic E-state index is 10.2. The normalized spacial score (nSPS) is 32.0. The zero-order valence-electron chi connectivity index (χ0n) is 6.64. The quantitative estimate of drug-likeness (QED) is 0.584. The van der Waals surface area contributed by atoms with E-state index in [0.29, 0.717) is 25.7 Å². The monoisotopic (exact) mass is 169 g/mol. The van der Waals surface area contributed by atoms with Crippen LogP contribution in [0.15, 0.2) is 0 Å². The highest BCUT2D eigenvalue weighted by molar-refractivity contribution is 5.56. The second-order valence-corrected chi connectivity index (χ2v) is 2.90. The average molecular weight is 169 g/mol. The first kappa shape index (κ1) is 9.17. The molecule has 4 nitrogen and oxygen atoms in total. The Balaban J connectivity index is 2.46. The van der Waals surface area contributed by atoms with Crippen LogP contribution in [0.3, 0.4) is 0 Å². The van der Waals surface area contributed by atoms with Crippen LogP contribution >= 0.6 is 0 Å². The van der Waals surface area contributed by atoms with Gasteiger partial charge in [0.15, 0.2) is 0 Å². The lowest BCUT2D eigenvalue weighted by Gasteiger charge is -2.26. The van der Waals surface area contributed by atoms with Crippen LogP contribution in [0.5, 0.6) is 0 Å². The van der Waals surface area contributed by atoms with Gasteiger partial charge >= 0.3 is 0 Å². The highest BCUT2D eigenvalue weighted by Gasteiger charge is 2.27. The van der Waals surface area contributed by atoms with E-state index < -0.39 is 12.2 Å². The lowest BCUT2D eigenvalue weighted by Crippen LogP contribution is -2.32. The summed E-state index contributed by atoms with van der Waals surface area (Å²) in [5, 5.41) is 17.7. The Morgan fingerprint density at radius 1 is 1.75 bits per heavy atom. The molecule has 0 aromatic carbocycles. The zero-order valence-corrected chi connectivity index (χ0v) is 6.64. The Hall–Kier alpha value is -0.920. The first-order valence-electron chi connectivity index (χ1n) is 3.92. The van der Waals surface area contributed by atoms with Gasteiger partial charge in [-0.3, -0.25) is 0 Å². The SMILES string of the molecule is N#CC1CC(C(O)C=O)CCO1. The van der Waals surface area contributed by atoms with E-state index in [1.165, 1.54) is 0 Å². The lowest BCUT2D eigenvalue weighted by atomic mass is 9.91. The molecule has 1 N–H and O–H groups in total. The molecule has 1 aliphatic rings. The Labute approximate surface area is 70.7 Å². The molecule has 0 radical (unpaired) electrons. The van der Waals surface area contributed by atoms with Crippen LogP contribution in [0.25, 0.3) is 0 Å². The average Bonchev–Trinajstić information content (AvgIpc) is 2.17. The highest BCUT2D eigenvalue weighted by Crippen LogP contribution is 2.22. The predicted octanol–water partition coefficient (Wildman–Crippen LogP) is -0.135. The standard InChI is InChI=1S/C8H11NO3/c9-4-7-3-6(1-2-12-7)8(11)5-10/h5-8,11H,1-3H2. The number of carbonyl (C=O) groups is 1. The summed E-state index contributed by atoms with van der Waals surface area (Å²) in [7, 11) is 0. The Morgan fingerprint density at radius 3 is 3.08 bits per heavy atom. The third-order valence-corrected chi connectivity index (χ3v) is 2.09. The Bertz CT molecular complexity index is 199. The van der Waals surface area contributed by atoms with Crippen LogP contribution in [0, 0.1) is 17.2 Å². The van der Waals surface area contributed by atoms with Crippen LogP contribution in [-0.2, 0) is 9.53 Å². The third-order valence-electron chi connectivity index (χ3n) is 2.09. The van der Waals surface area contributed by atoms with Gasteiger partial charge in [-0.05, 0) is 18.8 Å². The molecule has 3 unspecified atom stereocenters. The molecule has 0 bridgehead atoms. The van der Waals surface area contributed by atoms with E-state index >= 15 is 0 Å². The molecule has 1 saturated heterocycles. The predicted molar refractivity (Wildman–Crippen MR) is 40.1 cm³/mol. The molecule has 1 rings (SSSR count). The second-order valence-electron chi connectivity index (χ2n) is 2.90. The van der Waals surface area contributed by atoms with Crippen molar-refractivity contribution in [3.63, 3.8) is 0 Å². The summed E-state index contributed by atoms with van der Waals surface area (Å²) in [6, 6.07) is 1.96. The molecule has 0 amide bonds. The fraction of sp³-hybridized carbons (Fsp3) is 0.750. The minimum Gasteiger partial charge on any atom is -0.385 e. The number of ether oxygens (including phenoxy) is 1. The van der Waals surface area contributed by atoms with Crippen LogP contribution in [0.2, 0.25) is 0 Å². The molecule has 1 aliphatic heterocycles. The molecule has 4 heteroatoms. The van der Waals surface area contributed by atoms with Crippen LogP contribution in [-0.4, -0.2) is 30.2 Å². The number of aliphatic hydroxyl groups excluding tert-OH is 1. The molecule has 0 saturated carbocycles. The number of hydrogen-bond donors (Lipinski definition) is 1. The van der Waals surface area contributed by atoms with Crippen molar-refractivity contribution in [1.82, 2.24) is 0 Å². The summed E-state index contributed by atoms with van der Waals surface area (Å²) >= 11 is 0. The van der Waals surface area contributed by atoms with Crippen LogP contribution in [0.1, 0.15) is 12.8 Å². The fourth-order valence-corrected chi connectivity index (χ4v) is 1.33. The summed E-state index contributed by atoms with van der Waals surface area (Å²) in [5.41, 5.74) is 0. The van der Waals surface area contributed by atoms with Gasteiger partial charge in [0.2, 0.25) is 0 Å². The molecule has 0 aliphatic carbocycles. The topological polar surface area (TPSA) is 70.3 Å². The van der Waals surface area contributed by atoms with Gasteiger partial charge in [0.25, 0.3) is 0 Å². The van der Waals surface area contributed by atoms with Gasteiger partial charge in [0, 0.05) is 6.61 Å². The molecule has 0 aromatic heterocycles. The van der Waals surface area contributed by atoms with E-state index in [4.69, 9.17) is 15.1 Å². The molecule has 1 heterocycles. The molecular weight excluding hydrogens is 158 g/mol. The molecule has 1 fully saturated rings. The summed E-state index contributed by atoms with van der Waals surface area (Å²) in [6.07, 6.45) is 0.224. The van der Waals surface area contributed by atoms with Crippen molar-refractivity contribution < 1.29 is 14.6 Å². The van der Waals surface area contributed by atoms with Gasteiger partial charge in [-0.2, -0.15) is 5.26 Å². The van der Waals surface area contributed by atoms with Gasteiger partial charge in [0.05, 0.1) is 6.07 Å². The zero-order chi connectivity index (χ0) is 8.97. The van der Waals surface area contributed by atoms with Gasteiger partial charge in [-0.1, -0.05) is 0 Å². The highest BCUT2D eigenvalue weighted by atomic mass is 16.5. The maximum Gasteiger partial charge on any atom is 0.148 e. The number of carbonyl (C=O) groups excluding carboxylic acids is 1. The van der Waals surface area contributed by atoms with Crippen LogP contribution in [0.4, 0.5) is 0 Å². The van der Waals surface area contributed by atoms with E-state index in [1.807, 2.05) is 6.07 Å². The van der Waals surface area contributed by atoms with Crippen molar-refractivity contribution in [3.8, 4) is 6.07 Å². The first-order chi connectivity index (χ1) is 5.77. The smallest absolute Gasteiger partial charge is 0.148 e. The Morgan fingerprint density at radius 2 is 2.50 bits per heavy atom. The number of hydrogen-bond acceptors (Lipinski definition) is 4. The fourth-order valence-electron chi connectivity index (χ4n) is 1.33. The van der Waals surface area contributed by atoms with Gasteiger partial charge in [0.1, 0.15) is 18.5 Å². The van der Waals surface area contributed by atoms with Crippen molar-refractivity contribution in [3.05, 3.63) is 0 Å². The minimum absolute atomic E-state index is 0.110. The number of rotatable bonds is 2. The van der Waals surface area contributed by atoms with E-state index in [2.05, 4.69) is 0 Å². The summed E-state index contributed by atoms with van der Waals surface area (Å²) in [5.74, 6) is -0.110. The summed E-state index contributed by atoms with van der Waals surface area (Å²) in [6.45, 7) is 0.452. The van der Waals surface area contributed by atoms with Gasteiger partial charge in [-0.15, -0.1) is 0 Å². The number of aliphatic hydroxyl groups is 1. The molecule has 3 atom stereocenters. The van der Waals surface area contributed by atoms with Crippen molar-refractivity contribution in [2.75, 3.05) is 6.61 Å². The van der Waals surface area contributed by atoms with Crippen molar-refractivity contribution >= 4 is 6.29 Å².